The molecule has 25 heavy (non-hydrogen) atoms. The number of pyridine rings is 1. The number of aromatic nitrogens is 4. The van der Waals surface area contributed by atoms with Gasteiger partial charge in [0.1, 0.15) is 17.3 Å². The van der Waals surface area contributed by atoms with Gasteiger partial charge in [0.2, 0.25) is 5.88 Å². The summed E-state index contributed by atoms with van der Waals surface area (Å²) >= 11 is 6.21. The number of benzene rings is 1. The minimum atomic E-state index is -0.724. The summed E-state index contributed by atoms with van der Waals surface area (Å²) < 4.78 is 35.1. The smallest absolute Gasteiger partial charge is 0.214 e. The van der Waals surface area contributed by atoms with E-state index >= 15 is 0 Å². The van der Waals surface area contributed by atoms with E-state index in [9.17, 15) is 8.78 Å². The Balaban J connectivity index is 2.11. The molecule has 0 saturated carbocycles. The average molecular weight is 365 g/mol. The number of hydrogen-bond donors (Lipinski definition) is 0. The molecule has 3 aromatic rings. The highest BCUT2D eigenvalue weighted by Gasteiger charge is 2.21. The summed E-state index contributed by atoms with van der Waals surface area (Å²) in [6, 6.07) is 6.88. The van der Waals surface area contributed by atoms with Crippen LogP contribution in [-0.4, -0.2) is 25.9 Å². The number of rotatable bonds is 4. The van der Waals surface area contributed by atoms with E-state index in [1.165, 1.54) is 10.6 Å². The molecule has 130 valence electrons. The van der Waals surface area contributed by atoms with Gasteiger partial charge in [0.25, 0.3) is 0 Å². The lowest BCUT2D eigenvalue weighted by Gasteiger charge is -2.11. The fraction of sp³-hybridized carbons (Fsp3) is 0.235. The predicted octanol–water partition coefficient (Wildman–Crippen LogP) is 4.26. The van der Waals surface area contributed by atoms with Gasteiger partial charge in [0, 0.05) is 13.1 Å². The molecule has 0 aliphatic carbocycles. The Morgan fingerprint density at radius 1 is 1.04 bits per heavy atom. The van der Waals surface area contributed by atoms with E-state index in [2.05, 4.69) is 15.2 Å². The molecule has 2 heterocycles. The Morgan fingerprint density at radius 3 is 2.32 bits per heavy atom. The average Bonchev–Trinajstić information content (AvgIpc) is 2.90. The van der Waals surface area contributed by atoms with Crippen molar-refractivity contribution >= 4 is 11.6 Å². The van der Waals surface area contributed by atoms with Crippen LogP contribution in [0, 0.1) is 11.6 Å². The van der Waals surface area contributed by atoms with E-state index in [1.807, 2.05) is 13.8 Å². The first-order chi connectivity index (χ1) is 11.9. The van der Waals surface area contributed by atoms with Gasteiger partial charge in [0.05, 0.1) is 16.7 Å². The molecule has 0 unspecified atom stereocenters. The molecule has 0 bridgehead atoms. The second-order valence-corrected chi connectivity index (χ2v) is 6.06. The van der Waals surface area contributed by atoms with E-state index in [1.54, 1.807) is 19.2 Å². The summed E-state index contributed by atoms with van der Waals surface area (Å²) in [5.41, 5.74) is 0.0623. The molecule has 0 aliphatic rings. The monoisotopic (exact) mass is 364 g/mol. The number of nitrogens with zero attached hydrogens (tertiary/aromatic N) is 4. The van der Waals surface area contributed by atoms with Crippen LogP contribution in [0.5, 0.6) is 5.88 Å². The molecular weight excluding hydrogens is 350 g/mol. The third-order valence-electron chi connectivity index (χ3n) is 3.45. The molecule has 0 spiro atoms. The second-order valence-electron chi connectivity index (χ2n) is 5.65. The first-order valence-electron chi connectivity index (χ1n) is 7.56. The minimum Gasteiger partial charge on any atom is -0.475 e. The highest BCUT2D eigenvalue weighted by Crippen LogP contribution is 2.31. The van der Waals surface area contributed by atoms with Crippen molar-refractivity contribution in [2.45, 2.75) is 20.0 Å². The highest BCUT2D eigenvalue weighted by atomic mass is 35.5. The van der Waals surface area contributed by atoms with Crippen molar-refractivity contribution in [2.75, 3.05) is 0 Å². The fourth-order valence-corrected chi connectivity index (χ4v) is 2.54. The van der Waals surface area contributed by atoms with Crippen molar-refractivity contribution in [3.05, 3.63) is 47.0 Å². The SMILES string of the molecule is CC(C)Oc1ccc(Cl)c(-c2nnc(-c3c(F)cccc3F)n2C)n1. The zero-order valence-corrected chi connectivity index (χ0v) is 14.6. The molecule has 0 fully saturated rings. The van der Waals surface area contributed by atoms with Gasteiger partial charge in [-0.15, -0.1) is 10.2 Å². The third-order valence-corrected chi connectivity index (χ3v) is 3.75. The molecule has 0 atom stereocenters. The lowest BCUT2D eigenvalue weighted by Crippen LogP contribution is -2.08. The molecule has 0 saturated heterocycles. The number of ether oxygens (including phenoxy) is 1. The van der Waals surface area contributed by atoms with Crippen LogP contribution in [0.25, 0.3) is 22.9 Å². The maximum absolute atomic E-state index is 14.0. The Labute approximate surface area is 148 Å². The summed E-state index contributed by atoms with van der Waals surface area (Å²) in [4.78, 5) is 4.33. The normalized spacial score (nSPS) is 11.2. The second kappa shape index (κ2) is 6.76. The molecule has 5 nitrogen and oxygen atoms in total. The van der Waals surface area contributed by atoms with Crippen molar-refractivity contribution in [2.24, 2.45) is 7.05 Å². The summed E-state index contributed by atoms with van der Waals surface area (Å²) in [5.74, 6) is -0.762. The molecule has 1 aromatic carbocycles. The summed E-state index contributed by atoms with van der Waals surface area (Å²) in [6.07, 6.45) is -0.0657. The molecule has 8 heteroatoms. The number of halogens is 3. The van der Waals surface area contributed by atoms with Gasteiger partial charge < -0.3 is 9.30 Å². The zero-order valence-electron chi connectivity index (χ0n) is 13.8. The van der Waals surface area contributed by atoms with E-state index in [-0.39, 0.29) is 23.3 Å². The summed E-state index contributed by atoms with van der Waals surface area (Å²) in [5, 5.41) is 8.24. The maximum Gasteiger partial charge on any atom is 0.214 e. The van der Waals surface area contributed by atoms with Crippen LogP contribution in [0.4, 0.5) is 8.78 Å². The van der Waals surface area contributed by atoms with Gasteiger partial charge >= 0.3 is 0 Å². The predicted molar refractivity (Wildman–Crippen MR) is 90.4 cm³/mol. The van der Waals surface area contributed by atoms with Gasteiger partial charge in [0.15, 0.2) is 11.6 Å². The van der Waals surface area contributed by atoms with Crippen LogP contribution in [-0.2, 0) is 7.05 Å². The highest BCUT2D eigenvalue weighted by molar-refractivity contribution is 6.32. The zero-order chi connectivity index (χ0) is 18.1. The maximum atomic E-state index is 14.0. The fourth-order valence-electron chi connectivity index (χ4n) is 2.35. The van der Waals surface area contributed by atoms with Gasteiger partial charge in [-0.25, -0.2) is 13.8 Å². The van der Waals surface area contributed by atoms with Gasteiger partial charge in [-0.05, 0) is 32.0 Å². The van der Waals surface area contributed by atoms with Crippen LogP contribution in [0.2, 0.25) is 5.02 Å². The van der Waals surface area contributed by atoms with Gasteiger partial charge in [-0.1, -0.05) is 17.7 Å². The van der Waals surface area contributed by atoms with Gasteiger partial charge in [-0.2, -0.15) is 0 Å². The molecular formula is C17H15ClF2N4O. The quantitative estimate of drug-likeness (QED) is 0.694. The molecule has 0 aliphatic heterocycles. The van der Waals surface area contributed by atoms with Crippen LogP contribution in [0.1, 0.15) is 13.8 Å². The Hall–Kier alpha value is -2.54. The van der Waals surface area contributed by atoms with E-state index in [0.29, 0.717) is 16.6 Å². The lowest BCUT2D eigenvalue weighted by atomic mass is 10.2. The molecule has 3 rings (SSSR count). The van der Waals surface area contributed by atoms with Crippen LogP contribution in [0.15, 0.2) is 30.3 Å². The topological polar surface area (TPSA) is 52.8 Å². The molecule has 2 aromatic heterocycles. The van der Waals surface area contributed by atoms with Crippen LogP contribution >= 0.6 is 11.6 Å². The van der Waals surface area contributed by atoms with E-state index < -0.39 is 11.6 Å². The standard InChI is InChI=1S/C17H15ClF2N4O/c1-9(2)25-13-8-7-10(18)15(21-13)17-23-22-16(24(17)3)14-11(19)5-4-6-12(14)20/h4-9H,1-3H3. The van der Waals surface area contributed by atoms with Crippen molar-refractivity contribution in [3.63, 3.8) is 0 Å². The van der Waals surface area contributed by atoms with Crippen LogP contribution in [0.3, 0.4) is 0 Å². The van der Waals surface area contributed by atoms with E-state index in [4.69, 9.17) is 16.3 Å². The Kier molecular flexibility index (Phi) is 4.67. The largest absolute Gasteiger partial charge is 0.475 e. The molecule has 0 N–H and O–H groups in total. The Morgan fingerprint density at radius 2 is 1.68 bits per heavy atom. The lowest BCUT2D eigenvalue weighted by molar-refractivity contribution is 0.233. The molecule has 0 amide bonds. The third kappa shape index (κ3) is 3.32. The summed E-state index contributed by atoms with van der Waals surface area (Å²) in [6.45, 7) is 3.74. The van der Waals surface area contributed by atoms with Crippen molar-refractivity contribution in [3.8, 4) is 28.8 Å². The van der Waals surface area contributed by atoms with Crippen molar-refractivity contribution in [1.29, 1.82) is 0 Å². The first-order valence-corrected chi connectivity index (χ1v) is 7.93. The van der Waals surface area contributed by atoms with Crippen molar-refractivity contribution in [1.82, 2.24) is 19.7 Å². The summed E-state index contributed by atoms with van der Waals surface area (Å²) in [7, 11) is 1.59. The Bertz CT molecular complexity index is 907. The van der Waals surface area contributed by atoms with Crippen molar-refractivity contribution < 1.29 is 13.5 Å². The minimum absolute atomic E-state index is 0.0404. The molecule has 0 radical (unpaired) electrons. The van der Waals surface area contributed by atoms with E-state index in [0.717, 1.165) is 12.1 Å². The van der Waals surface area contributed by atoms with Gasteiger partial charge in [-0.3, -0.25) is 0 Å². The van der Waals surface area contributed by atoms with Crippen LogP contribution < -0.4 is 4.74 Å². The number of hydrogen-bond acceptors (Lipinski definition) is 4. The first kappa shape index (κ1) is 17.3.